The number of amides is 1. The second kappa shape index (κ2) is 8.10. The number of nitrogens with zero attached hydrogens (tertiary/aromatic N) is 2. The topological polar surface area (TPSA) is 107 Å². The van der Waals surface area contributed by atoms with E-state index in [1.165, 1.54) is 19.3 Å². The van der Waals surface area contributed by atoms with Gasteiger partial charge < -0.3 is 20.0 Å². The Morgan fingerprint density at radius 3 is 2.92 bits per heavy atom. The third kappa shape index (κ3) is 4.23. The average Bonchev–Trinajstić information content (AvgIpc) is 3.29. The summed E-state index contributed by atoms with van der Waals surface area (Å²) < 4.78 is 10.2. The van der Waals surface area contributed by atoms with Crippen LogP contribution in [0.4, 0.5) is 0 Å². The molecule has 130 valence electrons. The van der Waals surface area contributed by atoms with Crippen molar-refractivity contribution in [3.63, 3.8) is 0 Å². The highest BCUT2D eigenvalue weighted by Crippen LogP contribution is 2.26. The van der Waals surface area contributed by atoms with Crippen LogP contribution in [0.25, 0.3) is 11.4 Å². The van der Waals surface area contributed by atoms with E-state index in [0.717, 1.165) is 18.4 Å². The maximum atomic E-state index is 12.2. The van der Waals surface area contributed by atoms with Crippen LogP contribution in [0.15, 0.2) is 27.5 Å². The van der Waals surface area contributed by atoms with E-state index >= 15 is 0 Å². The quantitative estimate of drug-likeness (QED) is 0.805. The van der Waals surface area contributed by atoms with Crippen LogP contribution in [0, 0.1) is 5.92 Å². The molecule has 1 aliphatic rings. The van der Waals surface area contributed by atoms with E-state index in [4.69, 9.17) is 14.7 Å². The summed E-state index contributed by atoms with van der Waals surface area (Å²) in [5, 5.41) is 6.96. The third-order valence-corrected chi connectivity index (χ3v) is 4.63. The van der Waals surface area contributed by atoms with Crippen molar-refractivity contribution in [1.82, 2.24) is 15.5 Å². The van der Waals surface area contributed by atoms with Gasteiger partial charge in [0.2, 0.25) is 17.6 Å². The van der Waals surface area contributed by atoms with Gasteiger partial charge in [0, 0.05) is 25.4 Å². The molecule has 1 fully saturated rings. The molecule has 0 aromatic carbocycles. The van der Waals surface area contributed by atoms with Crippen molar-refractivity contribution in [2.24, 2.45) is 11.7 Å². The van der Waals surface area contributed by atoms with E-state index in [0.29, 0.717) is 37.0 Å². The first kappa shape index (κ1) is 16.7. The van der Waals surface area contributed by atoms with Crippen molar-refractivity contribution < 1.29 is 13.7 Å². The first-order chi connectivity index (χ1) is 11.8. The van der Waals surface area contributed by atoms with Gasteiger partial charge in [0.05, 0.1) is 11.8 Å². The molecule has 0 radical (unpaired) electrons. The molecule has 1 unspecified atom stereocenters. The summed E-state index contributed by atoms with van der Waals surface area (Å²) in [6.45, 7) is 0.488. The van der Waals surface area contributed by atoms with E-state index in [2.05, 4.69) is 15.5 Å². The molecule has 0 bridgehead atoms. The number of hydrogen-bond donors (Lipinski definition) is 2. The molecule has 2 aromatic heterocycles. The lowest BCUT2D eigenvalue weighted by Crippen LogP contribution is -2.46. The zero-order valence-electron chi connectivity index (χ0n) is 13.7. The summed E-state index contributed by atoms with van der Waals surface area (Å²) >= 11 is 0. The second-order valence-electron chi connectivity index (χ2n) is 6.33. The highest BCUT2D eigenvalue weighted by Gasteiger charge is 2.24. The zero-order chi connectivity index (χ0) is 16.8. The Morgan fingerprint density at radius 2 is 2.21 bits per heavy atom. The van der Waals surface area contributed by atoms with E-state index in [1.54, 1.807) is 18.6 Å². The zero-order valence-corrected chi connectivity index (χ0v) is 13.7. The summed E-state index contributed by atoms with van der Waals surface area (Å²) in [6.07, 6.45) is 9.90. The van der Waals surface area contributed by atoms with Crippen molar-refractivity contribution in [1.29, 1.82) is 0 Å². The fraction of sp³-hybridized carbons (Fsp3) is 0.588. The molecular formula is C17H24N4O3. The van der Waals surface area contributed by atoms with Gasteiger partial charge in [0.1, 0.15) is 6.26 Å². The largest absolute Gasteiger partial charge is 0.472 e. The van der Waals surface area contributed by atoms with Gasteiger partial charge in [-0.3, -0.25) is 4.79 Å². The molecule has 2 aromatic rings. The van der Waals surface area contributed by atoms with Crippen LogP contribution in [0.5, 0.6) is 0 Å². The minimum atomic E-state index is -0.0147. The maximum Gasteiger partial charge on any atom is 0.227 e. The Morgan fingerprint density at radius 1 is 1.38 bits per heavy atom. The normalized spacial score (nSPS) is 16.9. The highest BCUT2D eigenvalue weighted by atomic mass is 16.5. The summed E-state index contributed by atoms with van der Waals surface area (Å²) in [4.78, 5) is 16.5. The average molecular weight is 332 g/mol. The Hall–Kier alpha value is -2.15. The SMILES string of the molecule is NCC(NC(=O)CCc1nc(-c2ccoc2)no1)C1CCCCC1. The smallest absolute Gasteiger partial charge is 0.227 e. The highest BCUT2D eigenvalue weighted by molar-refractivity contribution is 5.76. The van der Waals surface area contributed by atoms with Crippen LogP contribution >= 0.6 is 0 Å². The monoisotopic (exact) mass is 332 g/mol. The Labute approximate surface area is 141 Å². The van der Waals surface area contributed by atoms with E-state index in [1.807, 2.05) is 0 Å². The number of hydrogen-bond acceptors (Lipinski definition) is 6. The van der Waals surface area contributed by atoms with Gasteiger partial charge in [0.15, 0.2) is 0 Å². The first-order valence-electron chi connectivity index (χ1n) is 8.61. The molecule has 2 heterocycles. The number of nitrogens with one attached hydrogen (secondary N) is 1. The van der Waals surface area contributed by atoms with E-state index in [-0.39, 0.29) is 11.9 Å². The number of rotatable bonds is 7. The molecule has 7 heteroatoms. The first-order valence-corrected chi connectivity index (χ1v) is 8.61. The van der Waals surface area contributed by atoms with Gasteiger partial charge >= 0.3 is 0 Å². The predicted octanol–water partition coefficient (Wildman–Crippen LogP) is 2.29. The molecule has 1 aliphatic carbocycles. The minimum Gasteiger partial charge on any atom is -0.472 e. The molecule has 0 aliphatic heterocycles. The number of aromatic nitrogens is 2. The van der Waals surface area contributed by atoms with Crippen LogP contribution in [0.2, 0.25) is 0 Å². The molecule has 0 saturated heterocycles. The van der Waals surface area contributed by atoms with Crippen LogP contribution in [-0.4, -0.2) is 28.6 Å². The number of aryl methyl sites for hydroxylation is 1. The lowest BCUT2D eigenvalue weighted by molar-refractivity contribution is -0.122. The molecule has 3 rings (SSSR count). The summed E-state index contributed by atoms with van der Waals surface area (Å²) in [7, 11) is 0. The van der Waals surface area contributed by atoms with Crippen LogP contribution < -0.4 is 11.1 Å². The lowest BCUT2D eigenvalue weighted by atomic mass is 9.84. The van der Waals surface area contributed by atoms with Crippen molar-refractivity contribution in [2.75, 3.05) is 6.54 Å². The van der Waals surface area contributed by atoms with E-state index < -0.39 is 0 Å². The van der Waals surface area contributed by atoms with Crippen LogP contribution in [0.1, 0.15) is 44.4 Å². The molecule has 1 atom stereocenters. The Balaban J connectivity index is 1.48. The summed E-state index contributed by atoms with van der Waals surface area (Å²) in [6, 6.07) is 1.83. The van der Waals surface area contributed by atoms with Gasteiger partial charge in [-0.2, -0.15) is 4.98 Å². The Kier molecular flexibility index (Phi) is 5.63. The molecule has 24 heavy (non-hydrogen) atoms. The number of carbonyl (C=O) groups excluding carboxylic acids is 1. The molecule has 1 amide bonds. The van der Waals surface area contributed by atoms with Crippen molar-refractivity contribution >= 4 is 5.91 Å². The minimum absolute atomic E-state index is 0.0147. The maximum absolute atomic E-state index is 12.2. The molecule has 1 saturated carbocycles. The van der Waals surface area contributed by atoms with Gasteiger partial charge in [-0.25, -0.2) is 0 Å². The molecule has 7 nitrogen and oxygen atoms in total. The lowest BCUT2D eigenvalue weighted by Gasteiger charge is -2.30. The fourth-order valence-corrected chi connectivity index (χ4v) is 3.27. The number of carbonyl (C=O) groups is 1. The van der Waals surface area contributed by atoms with Crippen molar-refractivity contribution in [2.45, 2.75) is 51.0 Å². The molecular weight excluding hydrogens is 308 g/mol. The summed E-state index contributed by atoms with van der Waals surface area (Å²) in [5.74, 6) is 1.41. The third-order valence-electron chi connectivity index (χ3n) is 4.63. The molecule has 0 spiro atoms. The second-order valence-corrected chi connectivity index (χ2v) is 6.33. The van der Waals surface area contributed by atoms with Gasteiger partial charge in [-0.1, -0.05) is 24.4 Å². The van der Waals surface area contributed by atoms with Gasteiger partial charge in [-0.05, 0) is 24.8 Å². The van der Waals surface area contributed by atoms with Crippen LogP contribution in [0.3, 0.4) is 0 Å². The number of nitrogens with two attached hydrogens (primary N) is 1. The van der Waals surface area contributed by atoms with Gasteiger partial charge in [0.25, 0.3) is 0 Å². The van der Waals surface area contributed by atoms with Crippen molar-refractivity contribution in [3.8, 4) is 11.4 Å². The van der Waals surface area contributed by atoms with E-state index in [9.17, 15) is 4.79 Å². The fourth-order valence-electron chi connectivity index (χ4n) is 3.27. The molecule has 3 N–H and O–H groups in total. The van der Waals surface area contributed by atoms with Gasteiger partial charge in [-0.15, -0.1) is 0 Å². The number of furan rings is 1. The standard InChI is InChI=1S/C17H24N4O3/c18-10-14(12-4-2-1-3-5-12)19-15(22)6-7-16-20-17(21-24-16)13-8-9-23-11-13/h8-9,11-12,14H,1-7,10,18H2,(H,19,22). The Bertz CT molecular complexity index is 632. The summed E-state index contributed by atoms with van der Waals surface area (Å²) in [5.41, 5.74) is 6.61. The predicted molar refractivity (Wildman–Crippen MR) is 87.9 cm³/mol. The van der Waals surface area contributed by atoms with Crippen LogP contribution in [-0.2, 0) is 11.2 Å². The van der Waals surface area contributed by atoms with Crippen molar-refractivity contribution in [3.05, 3.63) is 24.5 Å².